The zero-order valence-electron chi connectivity index (χ0n) is 16.2. The average molecular weight is 365 g/mol. The zero-order chi connectivity index (χ0) is 19.0. The van der Waals surface area contributed by atoms with Crippen LogP contribution in [0.1, 0.15) is 47.3 Å². The van der Waals surface area contributed by atoms with Crippen LogP contribution < -0.4 is 0 Å². The molecule has 0 atom stereocenters. The van der Waals surface area contributed by atoms with Crippen molar-refractivity contribution in [2.45, 2.75) is 39.5 Å². The molecule has 2 saturated heterocycles. The summed E-state index contributed by atoms with van der Waals surface area (Å²) in [6.45, 7) is 7.04. The number of likely N-dealkylation sites (tertiary alicyclic amines) is 2. The Bertz CT molecular complexity index is 879. The summed E-state index contributed by atoms with van der Waals surface area (Å²) in [5, 5.41) is 1.00. The number of piperidine rings is 1. The molecule has 1 aromatic heterocycles. The van der Waals surface area contributed by atoms with E-state index in [1.54, 1.807) is 0 Å². The van der Waals surface area contributed by atoms with E-state index in [4.69, 9.17) is 0 Å². The lowest BCUT2D eigenvalue weighted by Gasteiger charge is -2.33. The Kier molecular flexibility index (Phi) is 4.85. The van der Waals surface area contributed by atoms with Crippen molar-refractivity contribution in [2.24, 2.45) is 5.92 Å². The third kappa shape index (κ3) is 3.55. The molecule has 2 aromatic rings. The van der Waals surface area contributed by atoms with Crippen LogP contribution in [0.5, 0.6) is 0 Å². The average Bonchev–Trinajstić information content (AvgIpc) is 3.21. The SMILES string of the molecule is Cc1ccc2nc(C)c(C(=O)N3CCC(C(=O)N4CCCC4)CC3)cc2c1. The van der Waals surface area contributed by atoms with Crippen LogP contribution in [-0.4, -0.2) is 52.8 Å². The van der Waals surface area contributed by atoms with Crippen LogP contribution in [-0.2, 0) is 4.79 Å². The second kappa shape index (κ2) is 7.29. The van der Waals surface area contributed by atoms with Crippen LogP contribution in [0, 0.1) is 19.8 Å². The molecule has 0 N–H and O–H groups in total. The molecule has 0 aliphatic carbocycles. The summed E-state index contributed by atoms with van der Waals surface area (Å²) < 4.78 is 0. The summed E-state index contributed by atoms with van der Waals surface area (Å²) in [5.74, 6) is 0.403. The van der Waals surface area contributed by atoms with E-state index in [0.29, 0.717) is 24.6 Å². The van der Waals surface area contributed by atoms with Crippen molar-refractivity contribution in [2.75, 3.05) is 26.2 Å². The summed E-state index contributed by atoms with van der Waals surface area (Å²) in [7, 11) is 0. The Morgan fingerprint density at radius 3 is 2.37 bits per heavy atom. The van der Waals surface area contributed by atoms with Crippen LogP contribution in [0.2, 0.25) is 0 Å². The van der Waals surface area contributed by atoms with Gasteiger partial charge in [0.1, 0.15) is 0 Å². The maximum atomic E-state index is 13.1. The lowest BCUT2D eigenvalue weighted by molar-refractivity contribution is -0.135. The monoisotopic (exact) mass is 365 g/mol. The Balaban J connectivity index is 1.47. The molecular weight excluding hydrogens is 338 g/mol. The van der Waals surface area contributed by atoms with Gasteiger partial charge in [0.05, 0.1) is 16.8 Å². The number of amides is 2. The topological polar surface area (TPSA) is 53.5 Å². The first kappa shape index (κ1) is 18.0. The Morgan fingerprint density at radius 1 is 0.963 bits per heavy atom. The van der Waals surface area contributed by atoms with Gasteiger partial charge in [-0.1, -0.05) is 11.6 Å². The van der Waals surface area contributed by atoms with Crippen molar-refractivity contribution in [3.8, 4) is 0 Å². The molecule has 2 fully saturated rings. The highest BCUT2D eigenvalue weighted by molar-refractivity contribution is 5.99. The third-order valence-corrected chi connectivity index (χ3v) is 5.94. The van der Waals surface area contributed by atoms with Crippen molar-refractivity contribution < 1.29 is 9.59 Å². The van der Waals surface area contributed by atoms with Gasteiger partial charge in [-0.15, -0.1) is 0 Å². The number of aromatic nitrogens is 1. The van der Waals surface area contributed by atoms with E-state index in [-0.39, 0.29) is 11.8 Å². The highest BCUT2D eigenvalue weighted by atomic mass is 16.2. The summed E-state index contributed by atoms with van der Waals surface area (Å²) in [6.07, 6.45) is 3.77. The molecule has 0 spiro atoms. The second-order valence-corrected chi connectivity index (χ2v) is 7.92. The number of benzene rings is 1. The second-order valence-electron chi connectivity index (χ2n) is 7.92. The Labute approximate surface area is 160 Å². The minimum Gasteiger partial charge on any atom is -0.342 e. The summed E-state index contributed by atoms with van der Waals surface area (Å²) in [5.41, 5.74) is 3.53. The van der Waals surface area contributed by atoms with Crippen LogP contribution in [0.15, 0.2) is 24.3 Å². The van der Waals surface area contributed by atoms with Gasteiger partial charge in [-0.2, -0.15) is 0 Å². The summed E-state index contributed by atoms with van der Waals surface area (Å²) >= 11 is 0. The van der Waals surface area contributed by atoms with Crippen molar-refractivity contribution >= 4 is 22.7 Å². The van der Waals surface area contributed by atoms with E-state index in [0.717, 1.165) is 60.9 Å². The number of hydrogen-bond donors (Lipinski definition) is 0. The quantitative estimate of drug-likeness (QED) is 0.820. The van der Waals surface area contributed by atoms with E-state index in [9.17, 15) is 9.59 Å². The van der Waals surface area contributed by atoms with Crippen molar-refractivity contribution in [1.29, 1.82) is 0 Å². The third-order valence-electron chi connectivity index (χ3n) is 5.94. The van der Waals surface area contributed by atoms with Gasteiger partial charge in [0.2, 0.25) is 5.91 Å². The van der Waals surface area contributed by atoms with Crippen molar-refractivity contribution in [1.82, 2.24) is 14.8 Å². The molecule has 0 bridgehead atoms. The number of aryl methyl sites for hydroxylation is 2. The number of nitrogens with zero attached hydrogens (tertiary/aromatic N) is 3. The van der Waals surface area contributed by atoms with Crippen LogP contribution in [0.25, 0.3) is 10.9 Å². The largest absolute Gasteiger partial charge is 0.342 e. The van der Waals surface area contributed by atoms with Gasteiger partial charge >= 0.3 is 0 Å². The number of hydrogen-bond acceptors (Lipinski definition) is 3. The molecule has 2 amide bonds. The Morgan fingerprint density at radius 2 is 1.67 bits per heavy atom. The van der Waals surface area contributed by atoms with Gasteiger partial charge in [0.15, 0.2) is 0 Å². The van der Waals surface area contributed by atoms with Crippen LogP contribution in [0.4, 0.5) is 0 Å². The summed E-state index contributed by atoms with van der Waals surface area (Å²) in [4.78, 5) is 34.2. The van der Waals surface area contributed by atoms with Crippen molar-refractivity contribution in [3.05, 3.63) is 41.1 Å². The first-order chi connectivity index (χ1) is 13.0. The highest BCUT2D eigenvalue weighted by Gasteiger charge is 2.31. The molecule has 0 radical (unpaired) electrons. The molecule has 5 heteroatoms. The van der Waals surface area contributed by atoms with Crippen LogP contribution in [0.3, 0.4) is 0 Å². The van der Waals surface area contributed by atoms with Crippen LogP contribution >= 0.6 is 0 Å². The maximum Gasteiger partial charge on any atom is 0.255 e. The molecule has 1 aromatic carbocycles. The lowest BCUT2D eigenvalue weighted by Crippen LogP contribution is -2.44. The Hall–Kier alpha value is -2.43. The molecule has 5 nitrogen and oxygen atoms in total. The standard InChI is InChI=1S/C22H27N3O2/c1-15-5-6-20-18(13-15)14-19(16(2)23-20)22(27)25-11-7-17(8-12-25)21(26)24-9-3-4-10-24/h5-6,13-14,17H,3-4,7-12H2,1-2H3. The predicted octanol–water partition coefficient (Wildman–Crippen LogP) is 3.33. The van der Waals surface area contributed by atoms with Crippen molar-refractivity contribution in [3.63, 3.8) is 0 Å². The van der Waals surface area contributed by atoms with Gasteiger partial charge in [0.25, 0.3) is 5.91 Å². The predicted molar refractivity (Wildman–Crippen MR) is 106 cm³/mol. The van der Waals surface area contributed by atoms with E-state index >= 15 is 0 Å². The van der Waals surface area contributed by atoms with Gasteiger partial charge in [0, 0.05) is 37.5 Å². The summed E-state index contributed by atoms with van der Waals surface area (Å²) in [6, 6.07) is 8.08. The number of pyridine rings is 1. The number of fused-ring (bicyclic) bond motifs is 1. The molecular formula is C22H27N3O2. The number of rotatable bonds is 2. The molecule has 142 valence electrons. The number of carbonyl (C=O) groups is 2. The van der Waals surface area contributed by atoms with Gasteiger partial charge < -0.3 is 9.80 Å². The molecule has 2 aliphatic rings. The fourth-order valence-corrected chi connectivity index (χ4v) is 4.30. The molecule has 0 saturated carbocycles. The van der Waals surface area contributed by atoms with E-state index in [1.807, 2.05) is 41.8 Å². The molecule has 2 aliphatic heterocycles. The van der Waals surface area contributed by atoms with Gasteiger partial charge in [-0.05, 0) is 57.7 Å². The minimum atomic E-state index is 0.0375. The number of carbonyl (C=O) groups excluding carboxylic acids is 2. The molecule has 0 unspecified atom stereocenters. The first-order valence-electron chi connectivity index (χ1n) is 9.99. The van der Waals surface area contributed by atoms with Gasteiger partial charge in [-0.3, -0.25) is 14.6 Å². The van der Waals surface area contributed by atoms with E-state index < -0.39 is 0 Å². The van der Waals surface area contributed by atoms with E-state index in [1.165, 1.54) is 0 Å². The smallest absolute Gasteiger partial charge is 0.255 e. The molecule has 27 heavy (non-hydrogen) atoms. The lowest BCUT2D eigenvalue weighted by atomic mass is 9.94. The fraction of sp³-hybridized carbons (Fsp3) is 0.500. The molecule has 4 rings (SSSR count). The normalized spacial score (nSPS) is 18.3. The highest BCUT2D eigenvalue weighted by Crippen LogP contribution is 2.25. The first-order valence-corrected chi connectivity index (χ1v) is 9.99. The zero-order valence-corrected chi connectivity index (χ0v) is 16.2. The maximum absolute atomic E-state index is 13.1. The molecule has 3 heterocycles. The fourth-order valence-electron chi connectivity index (χ4n) is 4.30. The van der Waals surface area contributed by atoms with E-state index in [2.05, 4.69) is 11.1 Å². The minimum absolute atomic E-state index is 0.0375. The van der Waals surface area contributed by atoms with Gasteiger partial charge in [-0.25, -0.2) is 0 Å².